The van der Waals surface area contributed by atoms with Gasteiger partial charge in [0.05, 0.1) is 0 Å². The molecule has 30 heavy (non-hydrogen) atoms. The third-order valence-corrected chi connectivity index (χ3v) is 14.6. The lowest BCUT2D eigenvalue weighted by Gasteiger charge is -2.78. The van der Waals surface area contributed by atoms with Crippen molar-refractivity contribution in [2.24, 2.45) is 68.0 Å². The zero-order valence-corrected chi connectivity index (χ0v) is 21.5. The second kappa shape index (κ2) is 5.55. The molecule has 9 saturated carbocycles. The highest BCUT2D eigenvalue weighted by Gasteiger charge is 2.73. The predicted molar refractivity (Wildman–Crippen MR) is 127 cm³/mol. The van der Waals surface area contributed by atoms with Gasteiger partial charge < -0.3 is 0 Å². The molecule has 0 spiro atoms. The molecule has 0 aromatic heterocycles. The first-order valence-electron chi connectivity index (χ1n) is 13.8. The van der Waals surface area contributed by atoms with Crippen molar-refractivity contribution < 1.29 is 0 Å². The third kappa shape index (κ3) is 2.08. The Morgan fingerprint density at radius 2 is 1.00 bits per heavy atom. The van der Waals surface area contributed by atoms with Gasteiger partial charge in [0.2, 0.25) is 0 Å². The molecule has 9 aliphatic carbocycles. The molecule has 0 amide bonds. The van der Waals surface area contributed by atoms with Crippen LogP contribution in [0.3, 0.4) is 0 Å². The predicted octanol–water partition coefficient (Wildman–Crippen LogP) is 8.74. The fourth-order valence-electron chi connectivity index (χ4n) is 12.3. The smallest absolute Gasteiger partial charge is 0.0202 e. The maximum atomic E-state index is 2.84. The highest BCUT2D eigenvalue weighted by Crippen LogP contribution is 2.81. The molecule has 0 aliphatic heterocycles. The fraction of sp³-hybridized carbons (Fsp3) is 1.00. The summed E-state index contributed by atoms with van der Waals surface area (Å²) in [6.07, 6.45) is 15.4. The van der Waals surface area contributed by atoms with Gasteiger partial charge in [-0.2, -0.15) is 0 Å². The normalized spacial score (nSPS) is 58.8. The minimum atomic E-state index is 0.576. The first-order chi connectivity index (χ1) is 13.8. The highest BCUT2D eigenvalue weighted by atomic mass is 14.8. The number of hydrogen-bond acceptors (Lipinski definition) is 0. The van der Waals surface area contributed by atoms with E-state index in [0.29, 0.717) is 32.5 Å². The second-order valence-corrected chi connectivity index (χ2v) is 15.9. The van der Waals surface area contributed by atoms with E-state index in [2.05, 4.69) is 55.4 Å². The molecule has 0 radical (unpaired) electrons. The van der Waals surface area contributed by atoms with Gasteiger partial charge in [-0.1, -0.05) is 55.4 Å². The van der Waals surface area contributed by atoms with Crippen molar-refractivity contribution in [3.05, 3.63) is 0 Å². The summed E-state index contributed by atoms with van der Waals surface area (Å²) in [6, 6.07) is 0. The van der Waals surface area contributed by atoms with E-state index in [-0.39, 0.29) is 0 Å². The Balaban J connectivity index is 1.44. The maximum Gasteiger partial charge on any atom is -0.0202 e. The summed E-state index contributed by atoms with van der Waals surface area (Å²) in [5.74, 6) is 6.02. The summed E-state index contributed by atoms with van der Waals surface area (Å²) in [5.41, 5.74) is 3.56. The lowest BCUT2D eigenvalue weighted by molar-refractivity contribution is -0.294. The van der Waals surface area contributed by atoms with E-state index < -0.39 is 0 Å². The minimum absolute atomic E-state index is 0.576. The average Bonchev–Trinajstić information content (AvgIpc) is 2.66. The Kier molecular flexibility index (Phi) is 3.81. The SMILES string of the molecule is CC1(CC2(C3(C)CCC4CC3C4(C)C)CCC3CC2C3(C)C)CCC2CC1C2(C)C. The number of fused-ring (bicyclic) bond motifs is 7. The molecule has 9 fully saturated rings. The molecule has 170 valence electrons. The van der Waals surface area contributed by atoms with Gasteiger partial charge in [-0.15, -0.1) is 0 Å². The monoisotopic (exact) mass is 410 g/mol. The molecule has 9 aliphatic rings. The van der Waals surface area contributed by atoms with Crippen molar-refractivity contribution in [2.75, 3.05) is 0 Å². The molecular weight excluding hydrogens is 360 g/mol. The van der Waals surface area contributed by atoms with Crippen molar-refractivity contribution in [2.45, 2.75) is 120 Å². The van der Waals surface area contributed by atoms with Gasteiger partial charge in [0, 0.05) is 0 Å². The van der Waals surface area contributed by atoms with Crippen LogP contribution in [0.15, 0.2) is 0 Å². The van der Waals surface area contributed by atoms with Gasteiger partial charge in [0.15, 0.2) is 0 Å². The van der Waals surface area contributed by atoms with E-state index >= 15 is 0 Å². The zero-order chi connectivity index (χ0) is 21.5. The molecule has 9 unspecified atom stereocenters. The molecule has 0 saturated heterocycles. The van der Waals surface area contributed by atoms with Crippen LogP contribution in [-0.4, -0.2) is 0 Å². The molecular formula is C30H50. The molecule has 0 aromatic rings. The third-order valence-electron chi connectivity index (χ3n) is 14.6. The number of rotatable bonds is 3. The summed E-state index contributed by atoms with van der Waals surface area (Å²) in [5, 5.41) is 0. The summed E-state index contributed by atoms with van der Waals surface area (Å²) in [7, 11) is 0. The van der Waals surface area contributed by atoms with Crippen LogP contribution in [0, 0.1) is 68.0 Å². The van der Waals surface area contributed by atoms with Crippen molar-refractivity contribution >= 4 is 0 Å². The van der Waals surface area contributed by atoms with E-state index in [4.69, 9.17) is 0 Å². The van der Waals surface area contributed by atoms with Crippen LogP contribution in [0.4, 0.5) is 0 Å². The van der Waals surface area contributed by atoms with Crippen LogP contribution in [0.25, 0.3) is 0 Å². The summed E-state index contributed by atoms with van der Waals surface area (Å²) in [4.78, 5) is 0. The average molecular weight is 411 g/mol. The first-order valence-corrected chi connectivity index (χ1v) is 13.8. The van der Waals surface area contributed by atoms with Crippen molar-refractivity contribution in [1.29, 1.82) is 0 Å². The van der Waals surface area contributed by atoms with Crippen LogP contribution in [-0.2, 0) is 0 Å². The van der Waals surface area contributed by atoms with E-state index in [1.807, 2.05) is 0 Å². The van der Waals surface area contributed by atoms with Crippen LogP contribution < -0.4 is 0 Å². The maximum absolute atomic E-state index is 2.84. The lowest BCUT2D eigenvalue weighted by atomic mass is 9.26. The summed E-state index contributed by atoms with van der Waals surface area (Å²) >= 11 is 0. The van der Waals surface area contributed by atoms with Crippen molar-refractivity contribution in [1.82, 2.24) is 0 Å². The fourth-order valence-corrected chi connectivity index (χ4v) is 12.3. The standard InChI is InChI=1S/C30H50/c1-25(2)19-9-12-28(7,22(25)15-19)18-30(14-11-21-17-24(30)27(21,5)6)29(8)13-10-20-16-23(29)26(20,3)4/h19-24H,9-18H2,1-8H3. The molecule has 0 aromatic carbocycles. The number of hydrogen-bond donors (Lipinski definition) is 0. The lowest BCUT2D eigenvalue weighted by Crippen LogP contribution is -2.71. The van der Waals surface area contributed by atoms with E-state index in [1.54, 1.807) is 32.1 Å². The molecule has 0 heterocycles. The van der Waals surface area contributed by atoms with Gasteiger partial charge in [-0.3, -0.25) is 0 Å². The summed E-state index contributed by atoms with van der Waals surface area (Å²) < 4.78 is 0. The quantitative estimate of drug-likeness (QED) is 0.436. The molecule has 6 bridgehead atoms. The Bertz CT molecular complexity index is 750. The van der Waals surface area contributed by atoms with E-state index in [1.165, 1.54) is 32.1 Å². The first kappa shape index (κ1) is 20.6. The van der Waals surface area contributed by atoms with E-state index in [9.17, 15) is 0 Å². The van der Waals surface area contributed by atoms with Crippen LogP contribution in [0.1, 0.15) is 120 Å². The van der Waals surface area contributed by atoms with E-state index in [0.717, 1.165) is 35.5 Å². The second-order valence-electron chi connectivity index (χ2n) is 15.9. The molecule has 0 nitrogen and oxygen atoms in total. The highest BCUT2D eigenvalue weighted by molar-refractivity contribution is 5.22. The molecule has 9 atom stereocenters. The molecule has 0 N–H and O–H groups in total. The van der Waals surface area contributed by atoms with Gasteiger partial charge in [0.25, 0.3) is 0 Å². The topological polar surface area (TPSA) is 0 Å². The van der Waals surface area contributed by atoms with Gasteiger partial charge in [-0.25, -0.2) is 0 Å². The zero-order valence-electron chi connectivity index (χ0n) is 21.5. The van der Waals surface area contributed by atoms with Crippen LogP contribution >= 0.6 is 0 Å². The Hall–Kier alpha value is 0. The molecule has 9 rings (SSSR count). The summed E-state index contributed by atoms with van der Waals surface area (Å²) in [6.45, 7) is 21.5. The minimum Gasteiger partial charge on any atom is -0.0594 e. The Labute approximate surface area is 187 Å². The van der Waals surface area contributed by atoms with Crippen molar-refractivity contribution in [3.63, 3.8) is 0 Å². The Morgan fingerprint density at radius 1 is 0.533 bits per heavy atom. The van der Waals surface area contributed by atoms with Crippen molar-refractivity contribution in [3.8, 4) is 0 Å². The van der Waals surface area contributed by atoms with Crippen LogP contribution in [0.5, 0.6) is 0 Å². The van der Waals surface area contributed by atoms with Gasteiger partial charge in [-0.05, 0) is 132 Å². The molecule has 0 heteroatoms. The largest absolute Gasteiger partial charge is 0.0594 e. The van der Waals surface area contributed by atoms with Crippen LogP contribution in [0.2, 0.25) is 0 Å². The van der Waals surface area contributed by atoms with Gasteiger partial charge in [0.1, 0.15) is 0 Å². The van der Waals surface area contributed by atoms with Gasteiger partial charge >= 0.3 is 0 Å². The Morgan fingerprint density at radius 3 is 1.47 bits per heavy atom.